The zero-order valence-corrected chi connectivity index (χ0v) is 10.1. The first-order chi connectivity index (χ1) is 6.63. The van der Waals surface area contributed by atoms with Crippen molar-refractivity contribution in [2.24, 2.45) is 5.92 Å². The summed E-state index contributed by atoms with van der Waals surface area (Å²) in [5.41, 5.74) is 0.101. The van der Waals surface area contributed by atoms with Crippen molar-refractivity contribution in [1.29, 1.82) is 0 Å². The highest BCUT2D eigenvalue weighted by atomic mass is 16.5. The van der Waals surface area contributed by atoms with Gasteiger partial charge >= 0.3 is 0 Å². The lowest BCUT2D eigenvalue weighted by atomic mass is 9.96. The molecule has 1 aliphatic heterocycles. The van der Waals surface area contributed by atoms with E-state index in [1.54, 1.807) is 0 Å². The van der Waals surface area contributed by atoms with E-state index in [4.69, 9.17) is 4.74 Å². The topological polar surface area (TPSA) is 21.3 Å². The maximum atomic E-state index is 6.01. The van der Waals surface area contributed by atoms with E-state index in [2.05, 4.69) is 33.0 Å². The van der Waals surface area contributed by atoms with E-state index in [0.717, 1.165) is 32.4 Å². The molecule has 2 heteroatoms. The average Bonchev–Trinajstić information content (AvgIpc) is 2.40. The van der Waals surface area contributed by atoms with Gasteiger partial charge in [0.25, 0.3) is 0 Å². The van der Waals surface area contributed by atoms with Crippen molar-refractivity contribution >= 4 is 0 Å². The van der Waals surface area contributed by atoms with Crippen molar-refractivity contribution < 1.29 is 4.74 Å². The minimum absolute atomic E-state index is 0.101. The fourth-order valence-corrected chi connectivity index (χ4v) is 2.15. The highest BCUT2D eigenvalue weighted by Gasteiger charge is 2.31. The van der Waals surface area contributed by atoms with Crippen LogP contribution in [0.15, 0.2) is 0 Å². The highest BCUT2D eigenvalue weighted by molar-refractivity contribution is 4.86. The predicted octanol–water partition coefficient (Wildman–Crippen LogP) is 2.58. The van der Waals surface area contributed by atoms with Gasteiger partial charge < -0.3 is 10.1 Å². The molecule has 0 aromatic rings. The van der Waals surface area contributed by atoms with Gasteiger partial charge in [-0.2, -0.15) is 0 Å². The number of rotatable bonds is 3. The molecule has 1 saturated heterocycles. The molecular formula is C12H25NO. The lowest BCUT2D eigenvalue weighted by Crippen LogP contribution is -2.43. The van der Waals surface area contributed by atoms with Crippen LogP contribution in [0, 0.1) is 5.92 Å². The Hall–Kier alpha value is -0.0800. The third-order valence-electron chi connectivity index (χ3n) is 3.62. The molecule has 1 rings (SSSR count). The molecule has 1 fully saturated rings. The normalized spacial score (nSPS) is 27.6. The van der Waals surface area contributed by atoms with Crippen LogP contribution in [-0.2, 0) is 4.74 Å². The molecule has 1 atom stereocenters. The zero-order chi connectivity index (χ0) is 10.6. The van der Waals surface area contributed by atoms with Crippen LogP contribution >= 0.6 is 0 Å². The summed E-state index contributed by atoms with van der Waals surface area (Å²) in [5.74, 6) is 0.711. The van der Waals surface area contributed by atoms with E-state index in [-0.39, 0.29) is 5.60 Å². The quantitative estimate of drug-likeness (QED) is 0.754. The number of ether oxygens (including phenoxy) is 1. The van der Waals surface area contributed by atoms with Gasteiger partial charge in [0, 0.05) is 19.2 Å². The van der Waals surface area contributed by atoms with E-state index in [0.29, 0.717) is 12.0 Å². The van der Waals surface area contributed by atoms with Gasteiger partial charge in [0.15, 0.2) is 0 Å². The Labute approximate surface area is 88.4 Å². The third-order valence-corrected chi connectivity index (χ3v) is 3.62. The fraction of sp³-hybridized carbons (Fsp3) is 1.00. The minimum Gasteiger partial charge on any atom is -0.374 e. The first-order valence-corrected chi connectivity index (χ1v) is 6.01. The van der Waals surface area contributed by atoms with Crippen molar-refractivity contribution in [3.05, 3.63) is 0 Å². The summed E-state index contributed by atoms with van der Waals surface area (Å²) < 4.78 is 6.01. The van der Waals surface area contributed by atoms with Gasteiger partial charge in [-0.25, -0.2) is 0 Å². The molecule has 0 aliphatic carbocycles. The van der Waals surface area contributed by atoms with Crippen LogP contribution in [0.1, 0.15) is 47.0 Å². The van der Waals surface area contributed by atoms with Crippen molar-refractivity contribution in [2.45, 2.75) is 58.6 Å². The fourth-order valence-electron chi connectivity index (χ4n) is 2.15. The maximum Gasteiger partial charge on any atom is 0.0801 e. The Morgan fingerprint density at radius 1 is 1.36 bits per heavy atom. The van der Waals surface area contributed by atoms with Gasteiger partial charge in [0.2, 0.25) is 0 Å². The Balaban J connectivity index is 2.55. The van der Waals surface area contributed by atoms with E-state index >= 15 is 0 Å². The highest BCUT2D eigenvalue weighted by Crippen LogP contribution is 2.24. The number of hydrogen-bond acceptors (Lipinski definition) is 2. The molecule has 0 saturated carbocycles. The zero-order valence-electron chi connectivity index (χ0n) is 10.1. The number of nitrogens with one attached hydrogen (secondary N) is 1. The SMILES string of the molecule is CCC1(CC)CNC(C(C)C)CCO1. The van der Waals surface area contributed by atoms with Crippen molar-refractivity contribution in [3.63, 3.8) is 0 Å². The molecule has 84 valence electrons. The van der Waals surface area contributed by atoms with Gasteiger partial charge in [-0.1, -0.05) is 27.7 Å². The molecule has 1 unspecified atom stereocenters. The van der Waals surface area contributed by atoms with Gasteiger partial charge in [-0.15, -0.1) is 0 Å². The van der Waals surface area contributed by atoms with Crippen molar-refractivity contribution in [1.82, 2.24) is 5.32 Å². The molecule has 1 heterocycles. The summed E-state index contributed by atoms with van der Waals surface area (Å²) in [6.45, 7) is 10.9. The molecular weight excluding hydrogens is 174 g/mol. The summed E-state index contributed by atoms with van der Waals surface area (Å²) in [7, 11) is 0. The van der Waals surface area contributed by atoms with Crippen LogP contribution in [-0.4, -0.2) is 24.8 Å². The molecule has 0 amide bonds. The van der Waals surface area contributed by atoms with Crippen molar-refractivity contribution in [2.75, 3.05) is 13.2 Å². The van der Waals surface area contributed by atoms with Gasteiger partial charge in [-0.3, -0.25) is 0 Å². The van der Waals surface area contributed by atoms with E-state index < -0.39 is 0 Å². The van der Waals surface area contributed by atoms with E-state index in [9.17, 15) is 0 Å². The molecule has 1 aliphatic rings. The lowest BCUT2D eigenvalue weighted by molar-refractivity contribution is -0.0388. The van der Waals surface area contributed by atoms with Crippen LogP contribution in [0.5, 0.6) is 0 Å². The molecule has 0 bridgehead atoms. The molecule has 1 N–H and O–H groups in total. The standard InChI is InChI=1S/C12H25NO/c1-5-12(6-2)9-13-11(10(3)4)7-8-14-12/h10-11,13H,5-9H2,1-4H3. The van der Waals surface area contributed by atoms with Crippen LogP contribution in [0.2, 0.25) is 0 Å². The monoisotopic (exact) mass is 199 g/mol. The number of hydrogen-bond donors (Lipinski definition) is 1. The minimum atomic E-state index is 0.101. The van der Waals surface area contributed by atoms with Crippen LogP contribution in [0.25, 0.3) is 0 Å². The Morgan fingerprint density at radius 2 is 2.00 bits per heavy atom. The Kier molecular flexibility index (Phi) is 4.39. The summed E-state index contributed by atoms with van der Waals surface area (Å²) in [4.78, 5) is 0. The van der Waals surface area contributed by atoms with Crippen LogP contribution < -0.4 is 5.32 Å². The lowest BCUT2D eigenvalue weighted by Gasteiger charge is -2.30. The second-order valence-electron chi connectivity index (χ2n) is 4.76. The summed E-state index contributed by atoms with van der Waals surface area (Å²) in [6, 6.07) is 0.634. The third kappa shape index (κ3) is 2.71. The molecule has 2 nitrogen and oxygen atoms in total. The molecule has 0 aromatic carbocycles. The van der Waals surface area contributed by atoms with Crippen LogP contribution in [0.3, 0.4) is 0 Å². The largest absolute Gasteiger partial charge is 0.374 e. The first-order valence-electron chi connectivity index (χ1n) is 6.01. The smallest absolute Gasteiger partial charge is 0.0801 e. The summed E-state index contributed by atoms with van der Waals surface area (Å²) >= 11 is 0. The second kappa shape index (κ2) is 5.13. The Bertz CT molecular complexity index is 164. The first kappa shape index (κ1) is 12.0. The van der Waals surface area contributed by atoms with Gasteiger partial charge in [-0.05, 0) is 25.2 Å². The molecule has 0 aromatic heterocycles. The van der Waals surface area contributed by atoms with Gasteiger partial charge in [0.1, 0.15) is 0 Å². The second-order valence-corrected chi connectivity index (χ2v) is 4.76. The molecule has 0 spiro atoms. The molecule has 0 radical (unpaired) electrons. The summed E-state index contributed by atoms with van der Waals surface area (Å²) in [5, 5.41) is 3.65. The predicted molar refractivity (Wildman–Crippen MR) is 60.5 cm³/mol. The molecule has 14 heavy (non-hydrogen) atoms. The maximum absolute atomic E-state index is 6.01. The van der Waals surface area contributed by atoms with Crippen LogP contribution in [0.4, 0.5) is 0 Å². The van der Waals surface area contributed by atoms with Crippen molar-refractivity contribution in [3.8, 4) is 0 Å². The summed E-state index contributed by atoms with van der Waals surface area (Å²) in [6.07, 6.45) is 3.38. The Morgan fingerprint density at radius 3 is 2.50 bits per heavy atom. The van der Waals surface area contributed by atoms with E-state index in [1.807, 2.05) is 0 Å². The van der Waals surface area contributed by atoms with E-state index in [1.165, 1.54) is 0 Å². The average molecular weight is 199 g/mol. The van der Waals surface area contributed by atoms with Gasteiger partial charge in [0.05, 0.1) is 5.60 Å².